The fourth-order valence-corrected chi connectivity index (χ4v) is 5.41. The van der Waals surface area contributed by atoms with Gasteiger partial charge in [0.15, 0.2) is 5.82 Å². The molecule has 3 heteroatoms. The first-order valence-corrected chi connectivity index (χ1v) is 13.9. The van der Waals surface area contributed by atoms with Gasteiger partial charge in [0.25, 0.3) is 0 Å². The molecular weight excluding hydrogens is 486 g/mol. The Morgan fingerprint density at radius 3 is 2.30 bits per heavy atom. The summed E-state index contributed by atoms with van der Waals surface area (Å²) in [6.45, 7) is 4.34. The van der Waals surface area contributed by atoms with Crippen molar-refractivity contribution in [2.24, 2.45) is 0 Å². The van der Waals surface area contributed by atoms with Crippen molar-refractivity contribution in [3.8, 4) is 44.9 Å². The quantitative estimate of drug-likeness (QED) is 0.212. The van der Waals surface area contributed by atoms with Gasteiger partial charge in [-0.2, -0.15) is 0 Å². The van der Waals surface area contributed by atoms with Crippen molar-refractivity contribution in [1.29, 1.82) is 0 Å². The number of aromatic nitrogens is 3. The highest BCUT2D eigenvalue weighted by molar-refractivity contribution is 5.96. The highest BCUT2D eigenvalue weighted by Crippen LogP contribution is 2.36. The molecule has 0 saturated carbocycles. The minimum absolute atomic E-state index is 0.720. The lowest BCUT2D eigenvalue weighted by molar-refractivity contribution is 0.928. The molecule has 0 radical (unpaired) electrons. The molecule has 4 aromatic carbocycles. The number of aryl methyl sites for hydroxylation is 1. The average molecular weight is 518 g/mol. The zero-order chi connectivity index (χ0) is 27.3. The van der Waals surface area contributed by atoms with Crippen molar-refractivity contribution >= 4 is 16.8 Å². The summed E-state index contributed by atoms with van der Waals surface area (Å²) in [5.41, 5.74) is 10.3. The van der Waals surface area contributed by atoms with Crippen LogP contribution in [0.4, 0.5) is 0 Å². The van der Waals surface area contributed by atoms with E-state index in [0.29, 0.717) is 0 Å². The minimum atomic E-state index is 0.720. The first-order valence-electron chi connectivity index (χ1n) is 13.9. The lowest BCUT2D eigenvalue weighted by Gasteiger charge is -2.17. The normalized spacial score (nSPS) is 11.3. The summed E-state index contributed by atoms with van der Waals surface area (Å²) in [5, 5.41) is 2.61. The van der Waals surface area contributed by atoms with Gasteiger partial charge in [-0.05, 0) is 81.8 Å². The van der Waals surface area contributed by atoms with Gasteiger partial charge < -0.3 is 0 Å². The highest BCUT2D eigenvalue weighted by atomic mass is 14.9. The summed E-state index contributed by atoms with van der Waals surface area (Å²) in [6, 6.07) is 34.1. The molecule has 2 heterocycles. The van der Waals surface area contributed by atoms with Crippen LogP contribution in [0, 0.1) is 0 Å². The highest BCUT2D eigenvalue weighted by Gasteiger charge is 2.14. The molecule has 0 spiro atoms. The van der Waals surface area contributed by atoms with E-state index >= 15 is 0 Å². The van der Waals surface area contributed by atoms with Crippen LogP contribution in [0.15, 0.2) is 122 Å². The molecule has 0 amide bonds. The maximum Gasteiger partial charge on any atom is 0.159 e. The molecule has 0 N–H and O–H groups in total. The molecule has 0 bridgehead atoms. The van der Waals surface area contributed by atoms with E-state index in [2.05, 4.69) is 121 Å². The molecule has 0 atom stereocenters. The maximum atomic E-state index is 4.97. The summed E-state index contributed by atoms with van der Waals surface area (Å²) >= 11 is 0. The predicted octanol–water partition coefficient (Wildman–Crippen LogP) is 9.68. The summed E-state index contributed by atoms with van der Waals surface area (Å²) in [4.78, 5) is 13.9. The van der Waals surface area contributed by atoms with E-state index in [9.17, 15) is 0 Å². The van der Waals surface area contributed by atoms with Crippen molar-refractivity contribution in [3.63, 3.8) is 0 Å². The second-order valence-electron chi connectivity index (χ2n) is 9.95. The second kappa shape index (κ2) is 11.5. The van der Waals surface area contributed by atoms with Crippen molar-refractivity contribution < 1.29 is 0 Å². The summed E-state index contributed by atoms with van der Waals surface area (Å²) < 4.78 is 0. The Labute approximate surface area is 236 Å². The van der Waals surface area contributed by atoms with E-state index in [0.717, 1.165) is 46.6 Å². The van der Waals surface area contributed by atoms with Gasteiger partial charge in [-0.3, -0.25) is 4.98 Å². The molecule has 6 aromatic rings. The van der Waals surface area contributed by atoms with Gasteiger partial charge in [-0.15, -0.1) is 0 Å². The van der Waals surface area contributed by atoms with E-state index in [1.54, 1.807) is 6.20 Å². The molecule has 40 heavy (non-hydrogen) atoms. The van der Waals surface area contributed by atoms with Crippen molar-refractivity contribution in [1.82, 2.24) is 15.0 Å². The molecular formula is C37H31N3. The van der Waals surface area contributed by atoms with Gasteiger partial charge in [0.1, 0.15) is 0 Å². The molecule has 0 aliphatic rings. The van der Waals surface area contributed by atoms with E-state index in [1.807, 2.05) is 24.5 Å². The number of nitrogens with zero attached hydrogens (tertiary/aromatic N) is 3. The molecule has 0 aliphatic heterocycles. The Hall–Kier alpha value is -4.89. The van der Waals surface area contributed by atoms with Crippen LogP contribution in [-0.4, -0.2) is 15.0 Å². The van der Waals surface area contributed by atoms with Gasteiger partial charge in [0, 0.05) is 29.7 Å². The fourth-order valence-electron chi connectivity index (χ4n) is 5.41. The average Bonchev–Trinajstić information content (AvgIpc) is 3.03. The number of hydrogen-bond acceptors (Lipinski definition) is 3. The zero-order valence-corrected chi connectivity index (χ0v) is 22.9. The van der Waals surface area contributed by atoms with Gasteiger partial charge in [-0.1, -0.05) is 98.3 Å². The van der Waals surface area contributed by atoms with E-state index < -0.39 is 0 Å². The number of benzene rings is 4. The molecule has 3 nitrogen and oxygen atoms in total. The fraction of sp³-hybridized carbons (Fsp3) is 0.108. The van der Waals surface area contributed by atoms with Crippen LogP contribution >= 0.6 is 0 Å². The third kappa shape index (κ3) is 5.06. The molecule has 0 aliphatic carbocycles. The molecule has 0 saturated heterocycles. The third-order valence-corrected chi connectivity index (χ3v) is 7.30. The Kier molecular flexibility index (Phi) is 7.28. The minimum Gasteiger partial charge on any atom is -0.264 e. The number of pyridine rings is 1. The van der Waals surface area contributed by atoms with Crippen molar-refractivity contribution in [3.05, 3.63) is 133 Å². The standard InChI is InChI=1S/C37H31N3/c1-3-9-33-32-15-6-5-11-29(32)24-35(34(33)10-4-2)28-12-7-13-30(23-28)37-39-22-20-36(40-37)27-18-16-26(17-19-27)31-14-8-21-38-25-31/h4-8,10-25H,3,9H2,1-2H3/b10-4-. The van der Waals surface area contributed by atoms with Crippen LogP contribution < -0.4 is 0 Å². The van der Waals surface area contributed by atoms with Crippen LogP contribution in [0.2, 0.25) is 0 Å². The first kappa shape index (κ1) is 25.4. The molecule has 194 valence electrons. The molecule has 0 unspecified atom stereocenters. The maximum absolute atomic E-state index is 4.97. The van der Waals surface area contributed by atoms with Crippen molar-refractivity contribution in [2.45, 2.75) is 26.7 Å². The van der Waals surface area contributed by atoms with E-state index in [4.69, 9.17) is 4.98 Å². The Morgan fingerprint density at radius 2 is 1.50 bits per heavy atom. The molecule has 0 fully saturated rings. The first-order chi connectivity index (χ1) is 19.7. The Bertz CT molecular complexity index is 1800. The van der Waals surface area contributed by atoms with Crippen LogP contribution in [0.25, 0.3) is 61.7 Å². The molecule has 6 rings (SSSR count). The Morgan fingerprint density at radius 1 is 0.700 bits per heavy atom. The topological polar surface area (TPSA) is 38.7 Å². The van der Waals surface area contributed by atoms with Gasteiger partial charge >= 0.3 is 0 Å². The number of fused-ring (bicyclic) bond motifs is 1. The summed E-state index contributed by atoms with van der Waals surface area (Å²) in [6.07, 6.45) is 12.1. The number of rotatable bonds is 7. The summed E-state index contributed by atoms with van der Waals surface area (Å²) in [5.74, 6) is 0.720. The van der Waals surface area contributed by atoms with Crippen LogP contribution in [-0.2, 0) is 6.42 Å². The SMILES string of the molecule is C/C=C\c1c(-c2cccc(-c3nccc(-c4ccc(-c5cccnc5)cc4)n3)c2)cc2ccccc2c1CCC. The van der Waals surface area contributed by atoms with Crippen LogP contribution in [0.1, 0.15) is 31.4 Å². The van der Waals surface area contributed by atoms with Gasteiger partial charge in [0.05, 0.1) is 5.69 Å². The third-order valence-electron chi connectivity index (χ3n) is 7.30. The monoisotopic (exact) mass is 517 g/mol. The molecule has 2 aromatic heterocycles. The largest absolute Gasteiger partial charge is 0.264 e. The second-order valence-corrected chi connectivity index (χ2v) is 9.95. The van der Waals surface area contributed by atoms with Crippen LogP contribution in [0.3, 0.4) is 0 Å². The van der Waals surface area contributed by atoms with Crippen LogP contribution in [0.5, 0.6) is 0 Å². The van der Waals surface area contributed by atoms with Crippen molar-refractivity contribution in [2.75, 3.05) is 0 Å². The van der Waals surface area contributed by atoms with E-state index in [-0.39, 0.29) is 0 Å². The predicted molar refractivity (Wildman–Crippen MR) is 168 cm³/mol. The van der Waals surface area contributed by atoms with E-state index in [1.165, 1.54) is 33.0 Å². The zero-order valence-electron chi connectivity index (χ0n) is 22.9. The number of allylic oxidation sites excluding steroid dienone is 1. The number of hydrogen-bond donors (Lipinski definition) is 0. The van der Waals surface area contributed by atoms with Gasteiger partial charge in [0.2, 0.25) is 0 Å². The smallest absolute Gasteiger partial charge is 0.159 e. The summed E-state index contributed by atoms with van der Waals surface area (Å²) in [7, 11) is 0. The lowest BCUT2D eigenvalue weighted by Crippen LogP contribution is -1.96. The lowest BCUT2D eigenvalue weighted by atomic mass is 9.88. The Balaban J connectivity index is 1.40. The van der Waals surface area contributed by atoms with Gasteiger partial charge in [-0.25, -0.2) is 9.97 Å².